The molecule has 1 aromatic heterocycles. The lowest BCUT2D eigenvalue weighted by molar-refractivity contribution is 0.0592. The quantitative estimate of drug-likeness (QED) is 0.555. The lowest BCUT2D eigenvalue weighted by Gasteiger charge is -2.15. The number of nitrogens with one attached hydrogen (secondary N) is 2. The largest absolute Gasteiger partial charge is 0.352 e. The highest BCUT2D eigenvalue weighted by molar-refractivity contribution is 6.03. The minimum atomic E-state index is -0.713. The van der Waals surface area contributed by atoms with Gasteiger partial charge in [-0.05, 0) is 30.5 Å². The lowest BCUT2D eigenvalue weighted by Crippen LogP contribution is -2.40. The first kappa shape index (κ1) is 18.4. The number of pyridine rings is 1. The summed E-state index contributed by atoms with van der Waals surface area (Å²) in [5.74, 6) is 0.814. The molecule has 4 N–H and O–H groups in total. The maximum atomic E-state index is 11.2. The highest BCUT2D eigenvalue weighted by Crippen LogP contribution is 2.12. The number of amides is 2. The van der Waals surface area contributed by atoms with Crippen molar-refractivity contribution in [2.45, 2.75) is 33.1 Å². The third kappa shape index (κ3) is 6.23. The van der Waals surface area contributed by atoms with Crippen molar-refractivity contribution in [1.29, 1.82) is 0 Å². The van der Waals surface area contributed by atoms with Gasteiger partial charge < -0.3 is 15.8 Å². The molecule has 1 heterocycles. The van der Waals surface area contributed by atoms with E-state index in [0.717, 1.165) is 17.5 Å². The number of carbonyl (C=O) groups is 1. The second-order valence-corrected chi connectivity index (χ2v) is 5.35. The van der Waals surface area contributed by atoms with Crippen LogP contribution in [0.3, 0.4) is 0 Å². The van der Waals surface area contributed by atoms with Gasteiger partial charge in [-0.2, -0.15) is 0 Å². The van der Waals surface area contributed by atoms with Crippen molar-refractivity contribution in [2.24, 2.45) is 10.7 Å². The smallest absolute Gasteiger partial charge is 0.318 e. The van der Waals surface area contributed by atoms with Crippen LogP contribution >= 0.6 is 0 Å². The highest BCUT2D eigenvalue weighted by atomic mass is 16.5. The van der Waals surface area contributed by atoms with Gasteiger partial charge >= 0.3 is 6.03 Å². The Bertz CT molecular complexity index is 718. The zero-order chi connectivity index (χ0) is 18.1. The van der Waals surface area contributed by atoms with Gasteiger partial charge in [0.1, 0.15) is 12.0 Å². The monoisotopic (exact) mass is 341 g/mol. The minimum absolute atomic E-state index is 0.196. The Morgan fingerprint density at radius 2 is 2.04 bits per heavy atom. The van der Waals surface area contributed by atoms with E-state index in [1.807, 2.05) is 49.4 Å². The van der Waals surface area contributed by atoms with Crippen LogP contribution in [0.15, 0.2) is 53.7 Å². The molecule has 7 nitrogen and oxygen atoms in total. The topological polar surface area (TPSA) is 102 Å². The number of carbonyl (C=O) groups excluding carboxylic acids is 1. The number of urea groups is 1. The predicted molar refractivity (Wildman–Crippen MR) is 98.1 cm³/mol. The normalized spacial score (nSPS) is 12.5. The van der Waals surface area contributed by atoms with Crippen molar-refractivity contribution in [1.82, 2.24) is 10.3 Å². The van der Waals surface area contributed by atoms with Crippen molar-refractivity contribution in [2.75, 3.05) is 5.32 Å². The first-order valence-electron chi connectivity index (χ1n) is 8.09. The van der Waals surface area contributed by atoms with Crippen LogP contribution < -0.4 is 16.4 Å². The molecule has 1 aromatic carbocycles. The van der Waals surface area contributed by atoms with Gasteiger partial charge in [0, 0.05) is 6.20 Å². The maximum absolute atomic E-state index is 11.2. The van der Waals surface area contributed by atoms with Gasteiger partial charge in [-0.1, -0.05) is 43.3 Å². The summed E-state index contributed by atoms with van der Waals surface area (Å²) < 4.78 is 5.69. The van der Waals surface area contributed by atoms with E-state index < -0.39 is 12.3 Å². The Morgan fingerprint density at radius 3 is 2.72 bits per heavy atom. The fourth-order valence-corrected chi connectivity index (χ4v) is 2.17. The van der Waals surface area contributed by atoms with E-state index in [0.29, 0.717) is 12.4 Å². The number of ether oxygens (including phenoxy) is 1. The zero-order valence-corrected chi connectivity index (χ0v) is 14.4. The molecule has 0 aliphatic rings. The van der Waals surface area contributed by atoms with Crippen LogP contribution in [0.4, 0.5) is 10.6 Å². The number of aryl methyl sites for hydroxylation is 1. The molecule has 1 unspecified atom stereocenters. The average molecular weight is 341 g/mol. The Kier molecular flexibility index (Phi) is 6.91. The summed E-state index contributed by atoms with van der Waals surface area (Å²) in [6.45, 7) is 4.22. The summed E-state index contributed by atoms with van der Waals surface area (Å²) in [6.07, 6.45) is 1.97. The van der Waals surface area contributed by atoms with E-state index >= 15 is 0 Å². The van der Waals surface area contributed by atoms with Gasteiger partial charge in [-0.15, -0.1) is 0 Å². The van der Waals surface area contributed by atoms with Crippen LogP contribution in [0.5, 0.6) is 0 Å². The summed E-state index contributed by atoms with van der Waals surface area (Å²) in [5, 5.41) is 5.47. The van der Waals surface area contributed by atoms with Gasteiger partial charge in [0.25, 0.3) is 0 Å². The van der Waals surface area contributed by atoms with E-state index in [4.69, 9.17) is 10.5 Å². The summed E-state index contributed by atoms with van der Waals surface area (Å²) in [6, 6.07) is 12.9. The Labute approximate surface area is 147 Å². The zero-order valence-electron chi connectivity index (χ0n) is 14.4. The van der Waals surface area contributed by atoms with E-state index in [1.165, 1.54) is 0 Å². The third-order valence-electron chi connectivity index (χ3n) is 3.40. The molecule has 0 radical (unpaired) electrons. The van der Waals surface area contributed by atoms with Gasteiger partial charge in [0.15, 0.2) is 0 Å². The number of primary amides is 1. The van der Waals surface area contributed by atoms with Crippen LogP contribution in [0.2, 0.25) is 0 Å². The number of guanidine groups is 1. The average Bonchev–Trinajstić information content (AvgIpc) is 2.61. The van der Waals surface area contributed by atoms with Crippen molar-refractivity contribution >= 4 is 17.8 Å². The fourth-order valence-electron chi connectivity index (χ4n) is 2.17. The number of nitrogens with two attached hydrogens (primary N) is 1. The molecule has 0 aliphatic heterocycles. The van der Waals surface area contributed by atoms with E-state index in [2.05, 4.69) is 20.6 Å². The number of hydrogen-bond acceptors (Lipinski definition) is 4. The molecular weight excluding hydrogens is 318 g/mol. The predicted octanol–water partition coefficient (Wildman–Crippen LogP) is 2.64. The van der Waals surface area contributed by atoms with Crippen LogP contribution in [-0.4, -0.2) is 23.2 Å². The molecule has 0 aliphatic carbocycles. The molecule has 0 saturated carbocycles. The summed E-state index contributed by atoms with van der Waals surface area (Å²) in [7, 11) is 0. The SMILES string of the molecule is CCc1cccnc1N/C(=N/C(C)OCc1ccccc1)NC(N)=O. The van der Waals surface area contributed by atoms with Crippen molar-refractivity contribution in [3.63, 3.8) is 0 Å². The van der Waals surface area contributed by atoms with E-state index in [-0.39, 0.29) is 5.96 Å². The number of aliphatic imine (C=N–C) groups is 1. The number of benzene rings is 1. The number of rotatable bonds is 6. The Morgan fingerprint density at radius 1 is 1.28 bits per heavy atom. The standard InChI is InChI=1S/C18H23N5O2/c1-3-15-10-7-11-20-16(15)22-18(23-17(19)24)21-13(2)25-12-14-8-5-4-6-9-14/h4-11,13H,3,12H2,1-2H3,(H4,19,20,21,22,23,24). The third-order valence-corrected chi connectivity index (χ3v) is 3.40. The maximum Gasteiger partial charge on any atom is 0.318 e. The van der Waals surface area contributed by atoms with Gasteiger partial charge in [0.2, 0.25) is 5.96 Å². The second kappa shape index (κ2) is 9.39. The molecule has 0 spiro atoms. The first-order valence-corrected chi connectivity index (χ1v) is 8.09. The molecule has 0 fully saturated rings. The molecule has 7 heteroatoms. The molecule has 25 heavy (non-hydrogen) atoms. The summed E-state index contributed by atoms with van der Waals surface area (Å²) in [5.41, 5.74) is 7.27. The van der Waals surface area contributed by atoms with Gasteiger partial charge in [-0.25, -0.2) is 14.8 Å². The molecule has 2 amide bonds. The van der Waals surface area contributed by atoms with Crippen LogP contribution in [0.1, 0.15) is 25.0 Å². The molecule has 1 atom stereocenters. The van der Waals surface area contributed by atoms with Gasteiger partial charge in [0.05, 0.1) is 6.61 Å². The van der Waals surface area contributed by atoms with Crippen molar-refractivity contribution in [3.05, 3.63) is 59.8 Å². The summed E-state index contributed by atoms with van der Waals surface area (Å²) >= 11 is 0. The number of aromatic nitrogens is 1. The molecule has 132 valence electrons. The van der Waals surface area contributed by atoms with Crippen LogP contribution in [-0.2, 0) is 17.8 Å². The number of nitrogens with zero attached hydrogens (tertiary/aromatic N) is 2. The number of anilines is 1. The van der Waals surface area contributed by atoms with Crippen molar-refractivity contribution in [3.8, 4) is 0 Å². The molecule has 0 bridgehead atoms. The lowest BCUT2D eigenvalue weighted by atomic mass is 10.2. The minimum Gasteiger partial charge on any atom is -0.352 e. The molecular formula is C18H23N5O2. The molecule has 2 aromatic rings. The van der Waals surface area contributed by atoms with Crippen LogP contribution in [0.25, 0.3) is 0 Å². The highest BCUT2D eigenvalue weighted by Gasteiger charge is 2.10. The Hall–Kier alpha value is -2.93. The summed E-state index contributed by atoms with van der Waals surface area (Å²) in [4.78, 5) is 19.9. The molecule has 2 rings (SSSR count). The van der Waals surface area contributed by atoms with Gasteiger partial charge in [-0.3, -0.25) is 5.32 Å². The van der Waals surface area contributed by atoms with Crippen molar-refractivity contribution < 1.29 is 9.53 Å². The Balaban J connectivity index is 2.07. The molecule has 0 saturated heterocycles. The number of hydrogen-bond donors (Lipinski definition) is 3. The van der Waals surface area contributed by atoms with Crippen LogP contribution in [0, 0.1) is 0 Å². The fraction of sp³-hybridized carbons (Fsp3) is 0.278. The second-order valence-electron chi connectivity index (χ2n) is 5.35. The van der Waals surface area contributed by atoms with E-state index in [1.54, 1.807) is 13.1 Å². The van der Waals surface area contributed by atoms with E-state index in [9.17, 15) is 4.79 Å². The first-order chi connectivity index (χ1) is 12.1.